The first-order valence-corrected chi connectivity index (χ1v) is 6.01. The highest BCUT2D eigenvalue weighted by molar-refractivity contribution is 5.46. The molecule has 90 valence electrons. The maximum Gasteiger partial charge on any atom is 0.0399 e. The summed E-state index contributed by atoms with van der Waals surface area (Å²) in [6.45, 7) is 9.35. The van der Waals surface area contributed by atoms with Crippen LogP contribution in [0.4, 0.5) is 5.69 Å². The van der Waals surface area contributed by atoms with Crippen LogP contribution < -0.4 is 10.6 Å². The van der Waals surface area contributed by atoms with Crippen LogP contribution in [-0.4, -0.2) is 24.6 Å². The fraction of sp³-hybridized carbons (Fsp3) is 0.615. The van der Waals surface area contributed by atoms with Crippen LogP contribution in [0.5, 0.6) is 0 Å². The van der Waals surface area contributed by atoms with Gasteiger partial charge in [-0.3, -0.25) is 4.98 Å². The Hall–Kier alpha value is -1.09. The second kappa shape index (κ2) is 6.48. The summed E-state index contributed by atoms with van der Waals surface area (Å²) in [5.41, 5.74) is 7.90. The lowest BCUT2D eigenvalue weighted by atomic mass is 10.2. The van der Waals surface area contributed by atoms with E-state index in [-0.39, 0.29) is 0 Å². The molecule has 0 aliphatic heterocycles. The molecule has 2 N–H and O–H groups in total. The van der Waals surface area contributed by atoms with Crippen molar-refractivity contribution in [2.75, 3.05) is 24.5 Å². The topological polar surface area (TPSA) is 42.1 Å². The van der Waals surface area contributed by atoms with E-state index in [0.717, 1.165) is 31.7 Å². The van der Waals surface area contributed by atoms with Crippen LogP contribution in [0.2, 0.25) is 0 Å². The third-order valence-corrected chi connectivity index (χ3v) is 2.46. The standard InChI is InChI=1S/C13H23N3/c1-11(2)10-16(8-4-6-14)13-5-7-15-12(3)9-13/h5,7,9,11H,4,6,8,10,14H2,1-3H3. The highest BCUT2D eigenvalue weighted by Gasteiger charge is 2.08. The summed E-state index contributed by atoms with van der Waals surface area (Å²) in [4.78, 5) is 6.63. The highest BCUT2D eigenvalue weighted by Crippen LogP contribution is 2.16. The Morgan fingerprint density at radius 2 is 2.19 bits per heavy atom. The van der Waals surface area contributed by atoms with Gasteiger partial charge < -0.3 is 10.6 Å². The molecule has 0 unspecified atom stereocenters. The van der Waals surface area contributed by atoms with E-state index in [0.29, 0.717) is 5.92 Å². The molecule has 0 saturated heterocycles. The van der Waals surface area contributed by atoms with Gasteiger partial charge in [0.15, 0.2) is 0 Å². The van der Waals surface area contributed by atoms with Gasteiger partial charge in [0, 0.05) is 30.7 Å². The molecule has 0 amide bonds. The Morgan fingerprint density at radius 1 is 1.44 bits per heavy atom. The first kappa shape index (κ1) is 13.0. The van der Waals surface area contributed by atoms with Crippen LogP contribution in [-0.2, 0) is 0 Å². The Bertz CT molecular complexity index is 310. The van der Waals surface area contributed by atoms with Gasteiger partial charge in [-0.2, -0.15) is 0 Å². The maximum absolute atomic E-state index is 5.58. The molecule has 1 heterocycles. The first-order valence-electron chi connectivity index (χ1n) is 6.01. The van der Waals surface area contributed by atoms with E-state index in [2.05, 4.69) is 35.9 Å². The predicted molar refractivity (Wildman–Crippen MR) is 69.7 cm³/mol. The molecule has 0 atom stereocenters. The van der Waals surface area contributed by atoms with E-state index in [1.807, 2.05) is 13.1 Å². The minimum atomic E-state index is 0.659. The average molecular weight is 221 g/mol. The molecular formula is C13H23N3. The first-order chi connectivity index (χ1) is 7.63. The van der Waals surface area contributed by atoms with Gasteiger partial charge in [0.1, 0.15) is 0 Å². The minimum Gasteiger partial charge on any atom is -0.371 e. The summed E-state index contributed by atoms with van der Waals surface area (Å²) >= 11 is 0. The molecule has 0 aliphatic rings. The van der Waals surface area contributed by atoms with E-state index in [1.54, 1.807) is 0 Å². The van der Waals surface area contributed by atoms with Crippen molar-refractivity contribution in [2.45, 2.75) is 27.2 Å². The van der Waals surface area contributed by atoms with Crippen molar-refractivity contribution in [1.29, 1.82) is 0 Å². The second-order valence-corrected chi connectivity index (χ2v) is 4.64. The summed E-state index contributed by atoms with van der Waals surface area (Å²) in [6, 6.07) is 4.21. The molecule has 1 aromatic rings. The van der Waals surface area contributed by atoms with Crippen LogP contribution in [0.3, 0.4) is 0 Å². The number of hydrogen-bond donors (Lipinski definition) is 1. The quantitative estimate of drug-likeness (QED) is 0.800. The van der Waals surface area contributed by atoms with Crippen LogP contribution in [0, 0.1) is 12.8 Å². The Labute approximate surface area is 98.7 Å². The lowest BCUT2D eigenvalue weighted by molar-refractivity contribution is 0.600. The molecule has 0 aliphatic carbocycles. The summed E-state index contributed by atoms with van der Waals surface area (Å²) in [7, 11) is 0. The third-order valence-electron chi connectivity index (χ3n) is 2.46. The monoisotopic (exact) mass is 221 g/mol. The summed E-state index contributed by atoms with van der Waals surface area (Å²) < 4.78 is 0. The van der Waals surface area contributed by atoms with Gasteiger partial charge in [-0.1, -0.05) is 13.8 Å². The number of rotatable bonds is 6. The van der Waals surface area contributed by atoms with Crippen LogP contribution in [0.1, 0.15) is 26.0 Å². The fourth-order valence-corrected chi connectivity index (χ4v) is 1.78. The number of pyridine rings is 1. The molecule has 0 bridgehead atoms. The molecule has 0 spiro atoms. The predicted octanol–water partition coefficient (Wildman–Crippen LogP) is 2.20. The van der Waals surface area contributed by atoms with Crippen molar-refractivity contribution < 1.29 is 0 Å². The normalized spacial score (nSPS) is 10.8. The van der Waals surface area contributed by atoms with Crippen molar-refractivity contribution in [3.63, 3.8) is 0 Å². The molecular weight excluding hydrogens is 198 g/mol. The Morgan fingerprint density at radius 3 is 2.75 bits per heavy atom. The van der Waals surface area contributed by atoms with Crippen molar-refractivity contribution in [3.8, 4) is 0 Å². The van der Waals surface area contributed by atoms with Crippen molar-refractivity contribution in [1.82, 2.24) is 4.98 Å². The largest absolute Gasteiger partial charge is 0.371 e. The number of hydrogen-bond acceptors (Lipinski definition) is 3. The van der Waals surface area contributed by atoms with Crippen molar-refractivity contribution >= 4 is 5.69 Å². The van der Waals surface area contributed by atoms with E-state index in [4.69, 9.17) is 5.73 Å². The van der Waals surface area contributed by atoms with E-state index in [1.165, 1.54) is 5.69 Å². The SMILES string of the molecule is Cc1cc(N(CCCN)CC(C)C)ccn1. The zero-order valence-electron chi connectivity index (χ0n) is 10.6. The van der Waals surface area contributed by atoms with Gasteiger partial charge in [0.2, 0.25) is 0 Å². The number of anilines is 1. The van der Waals surface area contributed by atoms with Gasteiger partial charge in [0.25, 0.3) is 0 Å². The van der Waals surface area contributed by atoms with E-state index < -0.39 is 0 Å². The van der Waals surface area contributed by atoms with Crippen molar-refractivity contribution in [2.24, 2.45) is 11.7 Å². The lowest BCUT2D eigenvalue weighted by Crippen LogP contribution is -2.30. The zero-order chi connectivity index (χ0) is 12.0. The highest BCUT2D eigenvalue weighted by atomic mass is 15.1. The average Bonchev–Trinajstić information content (AvgIpc) is 2.23. The minimum absolute atomic E-state index is 0.659. The van der Waals surface area contributed by atoms with Crippen LogP contribution >= 0.6 is 0 Å². The summed E-state index contributed by atoms with van der Waals surface area (Å²) in [6.07, 6.45) is 2.91. The molecule has 0 saturated carbocycles. The van der Waals surface area contributed by atoms with E-state index >= 15 is 0 Å². The van der Waals surface area contributed by atoms with E-state index in [9.17, 15) is 0 Å². The van der Waals surface area contributed by atoms with Gasteiger partial charge in [0.05, 0.1) is 0 Å². The summed E-state index contributed by atoms with van der Waals surface area (Å²) in [5.74, 6) is 0.659. The smallest absolute Gasteiger partial charge is 0.0399 e. The number of aromatic nitrogens is 1. The Balaban J connectivity index is 2.74. The molecule has 1 aromatic heterocycles. The number of nitrogens with two attached hydrogens (primary N) is 1. The second-order valence-electron chi connectivity index (χ2n) is 4.64. The molecule has 0 fully saturated rings. The third kappa shape index (κ3) is 4.19. The maximum atomic E-state index is 5.58. The van der Waals surface area contributed by atoms with Crippen LogP contribution in [0.15, 0.2) is 18.3 Å². The van der Waals surface area contributed by atoms with Gasteiger partial charge in [-0.25, -0.2) is 0 Å². The van der Waals surface area contributed by atoms with Crippen LogP contribution in [0.25, 0.3) is 0 Å². The molecule has 1 rings (SSSR count). The fourth-order valence-electron chi connectivity index (χ4n) is 1.78. The zero-order valence-corrected chi connectivity index (χ0v) is 10.6. The lowest BCUT2D eigenvalue weighted by Gasteiger charge is -2.26. The van der Waals surface area contributed by atoms with Gasteiger partial charge in [-0.05, 0) is 37.9 Å². The molecule has 0 aromatic carbocycles. The molecule has 3 heteroatoms. The van der Waals surface area contributed by atoms with Crippen molar-refractivity contribution in [3.05, 3.63) is 24.0 Å². The number of aryl methyl sites for hydroxylation is 1. The number of nitrogens with zero attached hydrogens (tertiary/aromatic N) is 2. The molecule has 3 nitrogen and oxygen atoms in total. The van der Waals surface area contributed by atoms with Gasteiger partial charge >= 0.3 is 0 Å². The summed E-state index contributed by atoms with van der Waals surface area (Å²) in [5, 5.41) is 0. The molecule has 16 heavy (non-hydrogen) atoms. The molecule has 0 radical (unpaired) electrons. The Kier molecular flexibility index (Phi) is 5.26. The van der Waals surface area contributed by atoms with Gasteiger partial charge in [-0.15, -0.1) is 0 Å².